The third-order valence-electron chi connectivity index (χ3n) is 5.03. The highest BCUT2D eigenvalue weighted by Crippen LogP contribution is 2.20. The largest absolute Gasteiger partial charge is 0.0891 e. The van der Waals surface area contributed by atoms with Crippen molar-refractivity contribution in [2.75, 3.05) is 0 Å². The molecule has 3 heteroatoms. The molecule has 149 valence electrons. The fourth-order valence-corrected chi connectivity index (χ4v) is 4.61. The highest BCUT2D eigenvalue weighted by molar-refractivity contribution is 9.09. The van der Waals surface area contributed by atoms with Crippen LogP contribution in [0.5, 0.6) is 0 Å². The standard InChI is InChI=1S/C22H44Br2.B/c1-3-5-13-17-21(23)19-15-11-9-7-8-10-12-16-20-22(24)18-14-6-4-2;/h21-22H,3-20H2,1-2H3;. The number of hydrogen-bond donors (Lipinski definition) is 0. The maximum atomic E-state index is 3.85. The van der Waals surface area contributed by atoms with E-state index in [4.69, 9.17) is 0 Å². The highest BCUT2D eigenvalue weighted by atomic mass is 79.9. The van der Waals surface area contributed by atoms with Gasteiger partial charge in [0.15, 0.2) is 0 Å². The smallest absolute Gasteiger partial charge is 0.0145 e. The summed E-state index contributed by atoms with van der Waals surface area (Å²) in [6, 6.07) is 0. The average molecular weight is 479 g/mol. The molecular formula is C22H44BBr2. The van der Waals surface area contributed by atoms with Gasteiger partial charge in [-0.15, -0.1) is 0 Å². The fourth-order valence-electron chi connectivity index (χ4n) is 3.31. The molecule has 2 unspecified atom stereocenters. The molecule has 0 aromatic carbocycles. The first-order valence-electron chi connectivity index (χ1n) is 11.0. The van der Waals surface area contributed by atoms with Crippen molar-refractivity contribution in [3.05, 3.63) is 0 Å². The highest BCUT2D eigenvalue weighted by Gasteiger charge is 2.04. The molecule has 0 aliphatic heterocycles. The van der Waals surface area contributed by atoms with Crippen LogP contribution in [0.25, 0.3) is 0 Å². The first-order chi connectivity index (χ1) is 11.7. The van der Waals surface area contributed by atoms with Crippen molar-refractivity contribution < 1.29 is 0 Å². The molecule has 2 atom stereocenters. The van der Waals surface area contributed by atoms with Crippen LogP contribution in [0, 0.1) is 0 Å². The van der Waals surface area contributed by atoms with Crippen molar-refractivity contribution in [2.45, 2.75) is 139 Å². The molecule has 25 heavy (non-hydrogen) atoms. The second kappa shape index (κ2) is 23.1. The zero-order valence-electron chi connectivity index (χ0n) is 17.2. The van der Waals surface area contributed by atoms with Crippen LogP contribution in [0.2, 0.25) is 0 Å². The van der Waals surface area contributed by atoms with Gasteiger partial charge in [-0.25, -0.2) is 0 Å². The predicted octanol–water partition coefficient (Wildman–Crippen LogP) is 9.19. The van der Waals surface area contributed by atoms with E-state index in [1.165, 1.54) is 116 Å². The lowest BCUT2D eigenvalue weighted by molar-refractivity contribution is 0.532. The third kappa shape index (κ3) is 23.0. The Morgan fingerprint density at radius 2 is 0.680 bits per heavy atom. The van der Waals surface area contributed by atoms with Gasteiger partial charge in [-0.1, -0.05) is 136 Å². The van der Waals surface area contributed by atoms with E-state index in [1.54, 1.807) is 0 Å². The maximum absolute atomic E-state index is 3.85. The first-order valence-corrected chi connectivity index (χ1v) is 12.8. The molecule has 0 spiro atoms. The van der Waals surface area contributed by atoms with Crippen LogP contribution in [0.1, 0.15) is 129 Å². The van der Waals surface area contributed by atoms with Crippen molar-refractivity contribution in [2.24, 2.45) is 0 Å². The summed E-state index contributed by atoms with van der Waals surface area (Å²) in [5.41, 5.74) is 0. The Hall–Kier alpha value is 1.02. The van der Waals surface area contributed by atoms with Crippen molar-refractivity contribution in [1.29, 1.82) is 0 Å². The van der Waals surface area contributed by atoms with E-state index in [1.807, 2.05) is 0 Å². The molecule has 0 aromatic heterocycles. The fraction of sp³-hybridized carbons (Fsp3) is 1.00. The normalized spacial score (nSPS) is 13.4. The van der Waals surface area contributed by atoms with Crippen molar-refractivity contribution >= 4 is 40.3 Å². The van der Waals surface area contributed by atoms with Crippen molar-refractivity contribution in [3.63, 3.8) is 0 Å². The van der Waals surface area contributed by atoms with Gasteiger partial charge in [0.1, 0.15) is 0 Å². The molecule has 0 nitrogen and oxygen atoms in total. The second-order valence-corrected chi connectivity index (χ2v) is 10.2. The van der Waals surface area contributed by atoms with Gasteiger partial charge in [-0.2, -0.15) is 0 Å². The Morgan fingerprint density at radius 3 is 0.960 bits per heavy atom. The van der Waals surface area contributed by atoms with E-state index in [9.17, 15) is 0 Å². The van der Waals surface area contributed by atoms with Gasteiger partial charge >= 0.3 is 0 Å². The average Bonchev–Trinajstić information content (AvgIpc) is 2.57. The molecule has 0 bridgehead atoms. The zero-order chi connectivity index (χ0) is 17.9. The summed E-state index contributed by atoms with van der Waals surface area (Å²) in [7, 11) is 0. The van der Waals surface area contributed by atoms with Gasteiger partial charge in [0.05, 0.1) is 0 Å². The summed E-state index contributed by atoms with van der Waals surface area (Å²) < 4.78 is 0. The van der Waals surface area contributed by atoms with E-state index < -0.39 is 0 Å². The van der Waals surface area contributed by atoms with Gasteiger partial charge < -0.3 is 0 Å². The van der Waals surface area contributed by atoms with Crippen LogP contribution in [0.4, 0.5) is 0 Å². The molecule has 3 radical (unpaired) electrons. The van der Waals surface area contributed by atoms with Gasteiger partial charge in [-0.3, -0.25) is 0 Å². The van der Waals surface area contributed by atoms with E-state index in [-0.39, 0.29) is 8.41 Å². The van der Waals surface area contributed by atoms with Crippen LogP contribution >= 0.6 is 31.9 Å². The number of halogens is 2. The minimum absolute atomic E-state index is 0. The topological polar surface area (TPSA) is 0 Å². The van der Waals surface area contributed by atoms with E-state index in [0.717, 1.165) is 9.65 Å². The lowest BCUT2D eigenvalue weighted by Gasteiger charge is -2.09. The summed E-state index contributed by atoms with van der Waals surface area (Å²) in [5, 5.41) is 0. The molecule has 0 aliphatic carbocycles. The molecule has 0 amide bonds. The van der Waals surface area contributed by atoms with Gasteiger partial charge in [-0.05, 0) is 25.7 Å². The summed E-state index contributed by atoms with van der Waals surface area (Å²) in [4.78, 5) is 1.55. The maximum Gasteiger partial charge on any atom is 0.0145 e. The van der Waals surface area contributed by atoms with E-state index >= 15 is 0 Å². The molecule has 0 saturated heterocycles. The number of hydrogen-bond acceptors (Lipinski definition) is 0. The van der Waals surface area contributed by atoms with Crippen LogP contribution in [-0.2, 0) is 0 Å². The van der Waals surface area contributed by atoms with Gasteiger partial charge in [0, 0.05) is 18.1 Å². The Kier molecular flexibility index (Phi) is 26.1. The number of rotatable bonds is 19. The Morgan fingerprint density at radius 1 is 0.440 bits per heavy atom. The Balaban J connectivity index is 0. The van der Waals surface area contributed by atoms with Crippen LogP contribution in [0.3, 0.4) is 0 Å². The lowest BCUT2D eigenvalue weighted by Crippen LogP contribution is -1.98. The van der Waals surface area contributed by atoms with Gasteiger partial charge in [0.25, 0.3) is 0 Å². The molecule has 0 rings (SSSR count). The summed E-state index contributed by atoms with van der Waals surface area (Å²) in [6.45, 7) is 4.57. The van der Waals surface area contributed by atoms with Crippen molar-refractivity contribution in [3.8, 4) is 0 Å². The molecule has 0 aliphatic rings. The third-order valence-corrected chi connectivity index (χ3v) is 6.86. The number of unbranched alkanes of at least 4 members (excludes halogenated alkanes) is 11. The van der Waals surface area contributed by atoms with E-state index in [2.05, 4.69) is 45.7 Å². The molecule has 0 aromatic rings. The monoisotopic (exact) mass is 477 g/mol. The van der Waals surface area contributed by atoms with Crippen LogP contribution in [-0.4, -0.2) is 18.1 Å². The van der Waals surface area contributed by atoms with Crippen molar-refractivity contribution in [1.82, 2.24) is 0 Å². The lowest BCUT2D eigenvalue weighted by atomic mass is 10.0. The Labute approximate surface area is 178 Å². The Bertz CT molecular complexity index is 212. The quantitative estimate of drug-likeness (QED) is 0.0985. The number of alkyl halides is 2. The molecule has 0 heterocycles. The minimum Gasteiger partial charge on any atom is -0.0891 e. The summed E-state index contributed by atoms with van der Waals surface area (Å²) >= 11 is 7.69. The zero-order valence-corrected chi connectivity index (χ0v) is 20.4. The second-order valence-electron chi connectivity index (χ2n) is 7.59. The summed E-state index contributed by atoms with van der Waals surface area (Å²) in [6.07, 6.45) is 25.3. The predicted molar refractivity (Wildman–Crippen MR) is 126 cm³/mol. The van der Waals surface area contributed by atoms with Crippen LogP contribution in [0.15, 0.2) is 0 Å². The summed E-state index contributed by atoms with van der Waals surface area (Å²) in [5.74, 6) is 0. The first kappa shape index (κ1) is 28.2. The minimum atomic E-state index is 0. The van der Waals surface area contributed by atoms with Gasteiger partial charge in [0.2, 0.25) is 0 Å². The van der Waals surface area contributed by atoms with Crippen LogP contribution < -0.4 is 0 Å². The molecular weight excluding hydrogens is 435 g/mol. The molecule has 0 fully saturated rings. The molecule has 0 saturated carbocycles. The van der Waals surface area contributed by atoms with E-state index in [0.29, 0.717) is 0 Å². The molecule has 0 N–H and O–H groups in total. The SMILES string of the molecule is CCCCCC(Br)CCCCCCCCCCC(Br)CCCCC.[B].